The average molecular weight is 626 g/mol. The van der Waals surface area contributed by atoms with E-state index in [9.17, 15) is 0 Å². The van der Waals surface area contributed by atoms with Gasteiger partial charge in [-0.3, -0.25) is 4.57 Å². The number of benzene rings is 7. The lowest BCUT2D eigenvalue weighted by Gasteiger charge is -2.33. The van der Waals surface area contributed by atoms with Crippen LogP contribution in [0.2, 0.25) is 0 Å². The molecule has 0 fully saturated rings. The van der Waals surface area contributed by atoms with Crippen molar-refractivity contribution in [1.82, 2.24) is 9.55 Å². The van der Waals surface area contributed by atoms with Crippen molar-refractivity contribution in [2.75, 3.05) is 4.90 Å². The topological polar surface area (TPSA) is 21.1 Å². The maximum atomic E-state index is 5.13. The molecule has 8 aromatic rings. The van der Waals surface area contributed by atoms with E-state index in [1.807, 2.05) is 0 Å². The summed E-state index contributed by atoms with van der Waals surface area (Å²) in [6.45, 7) is 2.20. The molecule has 0 saturated carbocycles. The van der Waals surface area contributed by atoms with Crippen molar-refractivity contribution < 1.29 is 0 Å². The van der Waals surface area contributed by atoms with Gasteiger partial charge >= 0.3 is 0 Å². The first-order chi connectivity index (χ1) is 24.3. The van der Waals surface area contributed by atoms with Crippen molar-refractivity contribution >= 4 is 28.1 Å². The van der Waals surface area contributed by atoms with Crippen LogP contribution in [-0.2, 0) is 11.8 Å². The van der Waals surface area contributed by atoms with Crippen LogP contribution in [0.4, 0.5) is 17.1 Å². The second-order valence-electron chi connectivity index (χ2n) is 13.4. The number of anilines is 3. The predicted molar refractivity (Wildman–Crippen MR) is 200 cm³/mol. The van der Waals surface area contributed by atoms with Gasteiger partial charge in [0.15, 0.2) is 0 Å². The second-order valence-corrected chi connectivity index (χ2v) is 13.4. The summed E-state index contributed by atoms with van der Waals surface area (Å²) in [6.07, 6.45) is 0.849. The fourth-order valence-electron chi connectivity index (χ4n) is 9.16. The zero-order valence-corrected chi connectivity index (χ0v) is 27.1. The van der Waals surface area contributed by atoms with E-state index in [2.05, 4.69) is 174 Å². The van der Waals surface area contributed by atoms with Gasteiger partial charge in [0.2, 0.25) is 0 Å². The molecular formula is C46H31N3. The highest BCUT2D eigenvalue weighted by Crippen LogP contribution is 2.63. The van der Waals surface area contributed by atoms with E-state index >= 15 is 0 Å². The molecule has 49 heavy (non-hydrogen) atoms. The van der Waals surface area contributed by atoms with Gasteiger partial charge in [-0.25, -0.2) is 4.98 Å². The summed E-state index contributed by atoms with van der Waals surface area (Å²) in [7, 11) is 0. The Bertz CT molecular complexity index is 2600. The minimum atomic E-state index is -0.363. The fourth-order valence-corrected chi connectivity index (χ4v) is 9.16. The van der Waals surface area contributed by atoms with E-state index in [-0.39, 0.29) is 5.41 Å². The highest BCUT2D eigenvalue weighted by molar-refractivity contribution is 6.02. The first-order valence-electron chi connectivity index (χ1n) is 17.2. The van der Waals surface area contributed by atoms with Crippen molar-refractivity contribution in [2.45, 2.75) is 18.8 Å². The molecule has 2 heterocycles. The predicted octanol–water partition coefficient (Wildman–Crippen LogP) is 11.4. The first kappa shape index (κ1) is 26.8. The third kappa shape index (κ3) is 3.34. The van der Waals surface area contributed by atoms with Crippen molar-refractivity contribution in [3.05, 3.63) is 186 Å². The summed E-state index contributed by atoms with van der Waals surface area (Å²) in [5.41, 5.74) is 19.6. The van der Waals surface area contributed by atoms with Crippen molar-refractivity contribution in [2.24, 2.45) is 0 Å². The van der Waals surface area contributed by atoms with Gasteiger partial charge < -0.3 is 4.90 Å². The fraction of sp³-hybridized carbons (Fsp3) is 0.0652. The Labute approximate surface area is 285 Å². The highest BCUT2D eigenvalue weighted by Gasteiger charge is 2.51. The molecule has 3 nitrogen and oxygen atoms in total. The standard InChI is InChI=1S/C46H31N3/c1-2-44-47-40-21-12-22-42-45(40)49(44)43-28-30(24-26-41(43)48(42)31-13-4-3-5-14-31)29-23-25-35-34-17-8-11-20-38(34)46(39(35)27-29)36-18-9-6-15-32(36)33-16-7-10-19-37(33)46/h3-28H,2H2,1H3. The van der Waals surface area contributed by atoms with Gasteiger partial charge in [0.1, 0.15) is 5.82 Å². The molecule has 0 saturated heterocycles. The van der Waals surface area contributed by atoms with E-state index in [0.717, 1.165) is 46.0 Å². The normalized spacial score (nSPS) is 14.0. The maximum absolute atomic E-state index is 5.13. The molecule has 3 heteroatoms. The summed E-state index contributed by atoms with van der Waals surface area (Å²) in [5.74, 6) is 1.08. The molecule has 0 bridgehead atoms. The lowest BCUT2D eigenvalue weighted by atomic mass is 9.70. The minimum absolute atomic E-state index is 0.363. The summed E-state index contributed by atoms with van der Waals surface area (Å²) >= 11 is 0. The lowest BCUT2D eigenvalue weighted by Crippen LogP contribution is -2.25. The molecule has 11 rings (SSSR count). The van der Waals surface area contributed by atoms with E-state index in [0.29, 0.717) is 0 Å². The van der Waals surface area contributed by atoms with Crippen LogP contribution in [0.25, 0.3) is 50.1 Å². The Morgan fingerprint density at radius 2 is 1.08 bits per heavy atom. The van der Waals surface area contributed by atoms with E-state index in [1.165, 1.54) is 55.6 Å². The maximum Gasteiger partial charge on any atom is 0.114 e. The monoisotopic (exact) mass is 625 g/mol. The number of hydrogen-bond acceptors (Lipinski definition) is 2. The van der Waals surface area contributed by atoms with Crippen LogP contribution in [0.5, 0.6) is 0 Å². The number of rotatable bonds is 3. The Hall–Kier alpha value is -6.19. The molecule has 2 aliphatic carbocycles. The molecule has 1 aliphatic heterocycles. The van der Waals surface area contributed by atoms with Gasteiger partial charge in [-0.2, -0.15) is 0 Å². The summed E-state index contributed by atoms with van der Waals surface area (Å²) < 4.78 is 2.40. The molecule has 1 spiro atoms. The van der Waals surface area contributed by atoms with Crippen molar-refractivity contribution in [1.29, 1.82) is 0 Å². The number of imidazole rings is 1. The highest BCUT2D eigenvalue weighted by atomic mass is 15.2. The zero-order chi connectivity index (χ0) is 32.3. The number of aromatic nitrogens is 2. The Morgan fingerprint density at radius 3 is 1.76 bits per heavy atom. The molecule has 1 aromatic heterocycles. The number of aryl methyl sites for hydroxylation is 1. The van der Waals surface area contributed by atoms with E-state index in [1.54, 1.807) is 0 Å². The first-order valence-corrected chi connectivity index (χ1v) is 17.2. The second kappa shape index (κ2) is 9.68. The molecule has 0 unspecified atom stereocenters. The minimum Gasteiger partial charge on any atom is -0.306 e. The SMILES string of the molecule is CCc1nc2cccc3c2n1-c1cc(-c2ccc4c(c2)C2(c5ccccc5-c5ccccc52)c2ccccc2-4)ccc1N3c1ccccc1. The number of para-hydroxylation sites is 2. The van der Waals surface area contributed by atoms with Crippen LogP contribution in [0.1, 0.15) is 35.0 Å². The molecule has 3 aliphatic rings. The van der Waals surface area contributed by atoms with Gasteiger partial charge in [-0.1, -0.05) is 122 Å². The van der Waals surface area contributed by atoms with Crippen LogP contribution >= 0.6 is 0 Å². The van der Waals surface area contributed by atoms with Crippen LogP contribution < -0.4 is 4.90 Å². The Kier molecular flexibility index (Phi) is 5.30. The zero-order valence-electron chi connectivity index (χ0n) is 27.1. The average Bonchev–Trinajstić information content (AvgIpc) is 3.80. The quantitative estimate of drug-likeness (QED) is 0.195. The molecular weight excluding hydrogens is 595 g/mol. The molecule has 0 amide bonds. The largest absolute Gasteiger partial charge is 0.306 e. The van der Waals surface area contributed by atoms with Gasteiger partial charge in [0.05, 0.1) is 33.5 Å². The van der Waals surface area contributed by atoms with Crippen molar-refractivity contribution in [3.63, 3.8) is 0 Å². The van der Waals surface area contributed by atoms with E-state index in [4.69, 9.17) is 4.98 Å². The summed E-state index contributed by atoms with van der Waals surface area (Å²) in [5, 5.41) is 0. The number of hydrogen-bond donors (Lipinski definition) is 0. The van der Waals surface area contributed by atoms with E-state index < -0.39 is 0 Å². The van der Waals surface area contributed by atoms with Crippen LogP contribution in [0.15, 0.2) is 158 Å². The third-order valence-electron chi connectivity index (χ3n) is 11.1. The Balaban J connectivity index is 1.17. The van der Waals surface area contributed by atoms with Gasteiger partial charge in [0, 0.05) is 12.1 Å². The van der Waals surface area contributed by atoms with Crippen LogP contribution in [0.3, 0.4) is 0 Å². The van der Waals surface area contributed by atoms with Gasteiger partial charge in [-0.05, 0) is 98.1 Å². The lowest BCUT2D eigenvalue weighted by molar-refractivity contribution is 0.794. The molecule has 0 radical (unpaired) electrons. The van der Waals surface area contributed by atoms with Crippen LogP contribution in [0, 0.1) is 0 Å². The Morgan fingerprint density at radius 1 is 0.490 bits per heavy atom. The van der Waals surface area contributed by atoms with Crippen LogP contribution in [-0.4, -0.2) is 9.55 Å². The number of nitrogens with zero attached hydrogens (tertiary/aromatic N) is 3. The molecule has 0 atom stereocenters. The molecule has 0 N–H and O–H groups in total. The molecule has 230 valence electrons. The van der Waals surface area contributed by atoms with Gasteiger partial charge in [0.25, 0.3) is 0 Å². The smallest absolute Gasteiger partial charge is 0.114 e. The molecule has 7 aromatic carbocycles. The van der Waals surface area contributed by atoms with Crippen molar-refractivity contribution in [3.8, 4) is 39.1 Å². The van der Waals surface area contributed by atoms with Gasteiger partial charge in [-0.15, -0.1) is 0 Å². The summed E-state index contributed by atoms with van der Waals surface area (Å²) in [6, 6.07) is 58.4. The number of fused-ring (bicyclic) bond motifs is 12. The third-order valence-corrected chi connectivity index (χ3v) is 11.1. The summed E-state index contributed by atoms with van der Waals surface area (Å²) in [4.78, 5) is 7.52.